The molecule has 142 valence electrons. The van der Waals surface area contributed by atoms with Crippen LogP contribution in [0.2, 0.25) is 5.02 Å². The highest BCUT2D eigenvalue weighted by atomic mass is 35.5. The van der Waals surface area contributed by atoms with Crippen LogP contribution in [0.3, 0.4) is 0 Å². The predicted octanol–water partition coefficient (Wildman–Crippen LogP) is 4.54. The van der Waals surface area contributed by atoms with Gasteiger partial charge in [-0.05, 0) is 49.6 Å². The minimum absolute atomic E-state index is 0.159. The summed E-state index contributed by atoms with van der Waals surface area (Å²) in [4.78, 5) is 12.6. The van der Waals surface area contributed by atoms with E-state index in [1.165, 1.54) is 0 Å². The summed E-state index contributed by atoms with van der Waals surface area (Å²) in [5.41, 5.74) is 0.307. The molecule has 0 spiro atoms. The lowest BCUT2D eigenvalue weighted by Gasteiger charge is -2.33. The second-order valence-electron chi connectivity index (χ2n) is 7.21. The van der Waals surface area contributed by atoms with Gasteiger partial charge in [0, 0.05) is 28.4 Å². The minimum Gasteiger partial charge on any atom is -0.451 e. The highest BCUT2D eigenvalue weighted by Crippen LogP contribution is 2.29. The molecular weight excluding hydrogens is 374 g/mol. The van der Waals surface area contributed by atoms with E-state index in [0.717, 1.165) is 23.8 Å². The van der Waals surface area contributed by atoms with E-state index in [-0.39, 0.29) is 17.7 Å². The van der Waals surface area contributed by atoms with Gasteiger partial charge in [0.2, 0.25) is 0 Å². The number of carbonyl (C=O) groups excluding carboxylic acids is 1. The summed E-state index contributed by atoms with van der Waals surface area (Å²) in [5.74, 6) is 5.99. The number of rotatable bonds is 2. The Bertz CT molecular complexity index is 1040. The summed E-state index contributed by atoms with van der Waals surface area (Å²) in [5, 5.41) is 15.4. The third kappa shape index (κ3) is 4.22. The molecule has 1 unspecified atom stereocenters. The fourth-order valence-electron chi connectivity index (χ4n) is 3.59. The van der Waals surface area contributed by atoms with Crippen molar-refractivity contribution in [2.45, 2.75) is 37.3 Å². The number of aliphatic hydroxyl groups is 1. The Hall–Kier alpha value is -2.74. The number of fused-ring (bicyclic) bond motifs is 1. The van der Waals surface area contributed by atoms with Crippen LogP contribution in [-0.2, 0) is 0 Å². The van der Waals surface area contributed by atoms with Crippen molar-refractivity contribution in [3.8, 4) is 11.8 Å². The van der Waals surface area contributed by atoms with E-state index < -0.39 is 5.60 Å². The molecule has 1 aromatic heterocycles. The summed E-state index contributed by atoms with van der Waals surface area (Å²) in [6, 6.07) is 16.3. The highest BCUT2D eigenvalue weighted by molar-refractivity contribution is 6.30. The average Bonchev–Trinajstić information content (AvgIpc) is 3.11. The van der Waals surface area contributed by atoms with Crippen LogP contribution < -0.4 is 5.32 Å². The van der Waals surface area contributed by atoms with Gasteiger partial charge in [-0.1, -0.05) is 47.7 Å². The van der Waals surface area contributed by atoms with Crippen molar-refractivity contribution < 1.29 is 14.3 Å². The number of furan rings is 1. The van der Waals surface area contributed by atoms with E-state index in [4.69, 9.17) is 16.0 Å². The number of para-hydroxylation sites is 1. The maximum Gasteiger partial charge on any atom is 0.287 e. The summed E-state index contributed by atoms with van der Waals surface area (Å²) in [6.45, 7) is 0. The Balaban J connectivity index is 1.45. The maximum atomic E-state index is 12.6. The van der Waals surface area contributed by atoms with Gasteiger partial charge in [0.05, 0.1) is 0 Å². The lowest BCUT2D eigenvalue weighted by Crippen LogP contribution is -2.45. The number of amides is 1. The van der Waals surface area contributed by atoms with Gasteiger partial charge in [-0.2, -0.15) is 0 Å². The first-order chi connectivity index (χ1) is 13.5. The Morgan fingerprint density at radius 3 is 2.89 bits per heavy atom. The van der Waals surface area contributed by atoms with Crippen LogP contribution in [0.15, 0.2) is 59.0 Å². The minimum atomic E-state index is -1.13. The topological polar surface area (TPSA) is 62.5 Å². The van der Waals surface area contributed by atoms with Crippen molar-refractivity contribution in [3.63, 3.8) is 0 Å². The largest absolute Gasteiger partial charge is 0.451 e. The molecule has 2 aromatic carbocycles. The molecule has 4 nitrogen and oxygen atoms in total. The molecule has 0 radical (unpaired) electrons. The maximum absolute atomic E-state index is 12.6. The van der Waals surface area contributed by atoms with Crippen molar-refractivity contribution in [2.24, 2.45) is 0 Å². The van der Waals surface area contributed by atoms with Gasteiger partial charge >= 0.3 is 0 Å². The fraction of sp³-hybridized carbons (Fsp3) is 0.261. The zero-order valence-electron chi connectivity index (χ0n) is 15.2. The number of hydrogen-bond donors (Lipinski definition) is 2. The van der Waals surface area contributed by atoms with Crippen molar-refractivity contribution in [1.29, 1.82) is 0 Å². The zero-order valence-corrected chi connectivity index (χ0v) is 16.0. The molecule has 1 saturated carbocycles. The van der Waals surface area contributed by atoms with E-state index in [1.807, 2.05) is 36.4 Å². The van der Waals surface area contributed by atoms with Gasteiger partial charge in [-0.3, -0.25) is 4.79 Å². The number of hydrogen-bond acceptors (Lipinski definition) is 3. The molecule has 0 saturated heterocycles. The zero-order chi connectivity index (χ0) is 19.6. The lowest BCUT2D eigenvalue weighted by molar-refractivity contribution is 0.0448. The first-order valence-corrected chi connectivity index (χ1v) is 9.69. The van der Waals surface area contributed by atoms with E-state index in [0.29, 0.717) is 23.4 Å². The van der Waals surface area contributed by atoms with Gasteiger partial charge in [0.1, 0.15) is 11.2 Å². The van der Waals surface area contributed by atoms with Gasteiger partial charge in [0.25, 0.3) is 5.91 Å². The lowest BCUT2D eigenvalue weighted by atomic mass is 9.82. The Labute approximate surface area is 168 Å². The quantitative estimate of drug-likeness (QED) is 0.628. The molecule has 2 N–H and O–H groups in total. The molecule has 0 aliphatic heterocycles. The van der Waals surface area contributed by atoms with Crippen LogP contribution in [-0.4, -0.2) is 22.7 Å². The van der Waals surface area contributed by atoms with Crippen LogP contribution >= 0.6 is 11.6 Å². The van der Waals surface area contributed by atoms with Gasteiger partial charge < -0.3 is 14.8 Å². The number of halogens is 1. The van der Waals surface area contributed by atoms with Gasteiger partial charge in [-0.15, -0.1) is 0 Å². The summed E-state index contributed by atoms with van der Waals surface area (Å²) in [7, 11) is 0. The van der Waals surface area contributed by atoms with Crippen molar-refractivity contribution in [3.05, 3.63) is 70.9 Å². The monoisotopic (exact) mass is 393 g/mol. The molecule has 2 atom stereocenters. The molecule has 0 bridgehead atoms. The summed E-state index contributed by atoms with van der Waals surface area (Å²) in [6.07, 6.45) is 2.54. The molecule has 1 aliphatic rings. The smallest absolute Gasteiger partial charge is 0.287 e. The van der Waals surface area contributed by atoms with E-state index in [2.05, 4.69) is 17.2 Å². The second-order valence-corrected chi connectivity index (χ2v) is 7.64. The Morgan fingerprint density at radius 2 is 2.07 bits per heavy atom. The van der Waals surface area contributed by atoms with Crippen molar-refractivity contribution in [1.82, 2.24) is 5.32 Å². The van der Waals surface area contributed by atoms with Crippen LogP contribution in [0, 0.1) is 11.8 Å². The van der Waals surface area contributed by atoms with Crippen LogP contribution in [0.1, 0.15) is 41.8 Å². The van der Waals surface area contributed by atoms with E-state index in [1.54, 1.807) is 18.2 Å². The van der Waals surface area contributed by atoms with Crippen molar-refractivity contribution >= 4 is 28.5 Å². The standard InChI is InChI=1S/C23H20ClNO3/c24-18-7-3-5-16(13-18)10-12-23(27)11-4-8-19(15-23)25-22(26)21-14-17-6-1-2-9-20(17)28-21/h1-3,5-7,9,13-14,19,27H,4,8,11,15H2,(H,25,26)/t19-,23?/m1/s1. The summed E-state index contributed by atoms with van der Waals surface area (Å²) < 4.78 is 5.62. The molecule has 1 fully saturated rings. The number of nitrogens with one attached hydrogen (secondary N) is 1. The third-order valence-corrected chi connectivity index (χ3v) is 5.21. The Kier molecular flexibility index (Phi) is 5.13. The second kappa shape index (κ2) is 7.71. The third-order valence-electron chi connectivity index (χ3n) is 4.98. The number of carbonyl (C=O) groups is 1. The van der Waals surface area contributed by atoms with E-state index >= 15 is 0 Å². The SMILES string of the molecule is O=C(N[C@@H]1CCCC(O)(C#Cc2cccc(Cl)c2)C1)c1cc2ccccc2o1. The number of benzene rings is 2. The molecule has 5 heteroatoms. The molecule has 1 amide bonds. The molecule has 3 aromatic rings. The summed E-state index contributed by atoms with van der Waals surface area (Å²) >= 11 is 5.98. The molecule has 1 heterocycles. The highest BCUT2D eigenvalue weighted by Gasteiger charge is 2.34. The van der Waals surface area contributed by atoms with Crippen molar-refractivity contribution in [2.75, 3.05) is 0 Å². The first-order valence-electron chi connectivity index (χ1n) is 9.31. The van der Waals surface area contributed by atoms with Gasteiger partial charge in [0.15, 0.2) is 5.76 Å². The molecule has 4 rings (SSSR count). The van der Waals surface area contributed by atoms with E-state index in [9.17, 15) is 9.90 Å². The molecular formula is C23H20ClNO3. The first kappa shape index (κ1) is 18.6. The average molecular weight is 394 g/mol. The van der Waals surface area contributed by atoms with Gasteiger partial charge in [-0.25, -0.2) is 0 Å². The predicted molar refractivity (Wildman–Crippen MR) is 109 cm³/mol. The van der Waals surface area contributed by atoms with Crippen LogP contribution in [0.4, 0.5) is 0 Å². The fourth-order valence-corrected chi connectivity index (χ4v) is 3.78. The normalized spacial score (nSPS) is 21.7. The van der Waals surface area contributed by atoms with Crippen LogP contribution in [0.25, 0.3) is 11.0 Å². The molecule has 1 aliphatic carbocycles. The van der Waals surface area contributed by atoms with Crippen LogP contribution in [0.5, 0.6) is 0 Å². The Morgan fingerprint density at radius 1 is 1.21 bits per heavy atom. The molecule has 28 heavy (non-hydrogen) atoms.